The van der Waals surface area contributed by atoms with E-state index in [0.29, 0.717) is 5.69 Å². The van der Waals surface area contributed by atoms with E-state index < -0.39 is 6.10 Å². The molecule has 1 aromatic heterocycles. The molecular formula is C8H14N2O2. The fourth-order valence-electron chi connectivity index (χ4n) is 0.990. The molecule has 0 saturated heterocycles. The number of aliphatic hydroxyl groups excluding tert-OH is 1. The summed E-state index contributed by atoms with van der Waals surface area (Å²) in [6.07, 6.45) is -0.620. The van der Waals surface area contributed by atoms with Crippen LogP contribution in [-0.2, 0) is 5.41 Å². The van der Waals surface area contributed by atoms with Crippen LogP contribution in [0.15, 0.2) is 4.63 Å². The maximum absolute atomic E-state index is 9.29. The highest BCUT2D eigenvalue weighted by Gasteiger charge is 2.25. The predicted octanol–water partition coefficient (Wildman–Crippen LogP) is 1.42. The summed E-state index contributed by atoms with van der Waals surface area (Å²) in [5.74, 6) is 0. The molecule has 1 N–H and O–H groups in total. The molecule has 0 bridgehead atoms. The third-order valence-electron chi connectivity index (χ3n) is 1.62. The van der Waals surface area contributed by atoms with Gasteiger partial charge in [0.1, 0.15) is 11.4 Å². The number of rotatable bonds is 1. The standard InChI is InChI=1S/C8H14N2O2/c1-5(11)6-7(8(2,3)4)10-12-9-6/h5,11H,1-4H3/t5-/m1/s1. The smallest absolute Gasteiger partial charge is 0.137 e. The van der Waals surface area contributed by atoms with E-state index in [0.717, 1.165) is 5.69 Å². The molecule has 0 aliphatic carbocycles. The van der Waals surface area contributed by atoms with Crippen molar-refractivity contribution in [1.82, 2.24) is 10.3 Å². The highest BCUT2D eigenvalue weighted by Crippen LogP contribution is 2.26. The van der Waals surface area contributed by atoms with E-state index in [1.807, 2.05) is 20.8 Å². The Bertz CT molecular complexity index is 260. The molecule has 12 heavy (non-hydrogen) atoms. The van der Waals surface area contributed by atoms with Gasteiger partial charge < -0.3 is 5.11 Å². The SMILES string of the molecule is C[C@@H](O)c1nonc1C(C)(C)C. The van der Waals surface area contributed by atoms with Crippen LogP contribution in [0, 0.1) is 0 Å². The maximum atomic E-state index is 9.29. The molecule has 1 aromatic rings. The topological polar surface area (TPSA) is 59.2 Å². The minimum Gasteiger partial charge on any atom is -0.387 e. The average Bonchev–Trinajstić information content (AvgIpc) is 2.30. The van der Waals surface area contributed by atoms with Gasteiger partial charge in [0.05, 0.1) is 6.10 Å². The molecular weight excluding hydrogens is 156 g/mol. The van der Waals surface area contributed by atoms with Gasteiger partial charge >= 0.3 is 0 Å². The van der Waals surface area contributed by atoms with Crippen LogP contribution >= 0.6 is 0 Å². The Labute approximate surface area is 71.6 Å². The van der Waals surface area contributed by atoms with Crippen molar-refractivity contribution in [2.24, 2.45) is 0 Å². The monoisotopic (exact) mass is 170 g/mol. The van der Waals surface area contributed by atoms with Gasteiger partial charge in [-0.05, 0) is 6.92 Å². The summed E-state index contributed by atoms with van der Waals surface area (Å²) in [7, 11) is 0. The zero-order valence-corrected chi connectivity index (χ0v) is 7.83. The van der Waals surface area contributed by atoms with E-state index in [1.54, 1.807) is 6.92 Å². The molecule has 0 aliphatic heterocycles. The van der Waals surface area contributed by atoms with Crippen molar-refractivity contribution < 1.29 is 9.74 Å². The summed E-state index contributed by atoms with van der Waals surface area (Å²) in [6.45, 7) is 7.64. The van der Waals surface area contributed by atoms with Gasteiger partial charge in [-0.1, -0.05) is 31.1 Å². The van der Waals surface area contributed by atoms with E-state index >= 15 is 0 Å². The van der Waals surface area contributed by atoms with Gasteiger partial charge in [-0.15, -0.1) is 0 Å². The van der Waals surface area contributed by atoms with Crippen LogP contribution in [0.4, 0.5) is 0 Å². The van der Waals surface area contributed by atoms with Crippen LogP contribution < -0.4 is 0 Å². The van der Waals surface area contributed by atoms with Crippen molar-refractivity contribution in [2.45, 2.75) is 39.2 Å². The average molecular weight is 170 g/mol. The first-order valence-corrected chi connectivity index (χ1v) is 3.94. The van der Waals surface area contributed by atoms with Crippen molar-refractivity contribution in [3.8, 4) is 0 Å². The molecule has 0 aromatic carbocycles. The maximum Gasteiger partial charge on any atom is 0.137 e. The summed E-state index contributed by atoms with van der Waals surface area (Å²) >= 11 is 0. The lowest BCUT2D eigenvalue weighted by Crippen LogP contribution is -2.15. The Morgan fingerprint density at radius 3 is 2.25 bits per heavy atom. The number of aliphatic hydroxyl groups is 1. The summed E-state index contributed by atoms with van der Waals surface area (Å²) in [5.41, 5.74) is 1.12. The summed E-state index contributed by atoms with van der Waals surface area (Å²) in [4.78, 5) is 0. The number of hydrogen-bond acceptors (Lipinski definition) is 4. The highest BCUT2D eigenvalue weighted by molar-refractivity contribution is 5.18. The van der Waals surface area contributed by atoms with Gasteiger partial charge in [0.2, 0.25) is 0 Å². The minimum atomic E-state index is -0.620. The Morgan fingerprint density at radius 1 is 1.33 bits per heavy atom. The molecule has 4 heteroatoms. The van der Waals surface area contributed by atoms with Gasteiger partial charge in [0.15, 0.2) is 0 Å². The zero-order valence-electron chi connectivity index (χ0n) is 7.83. The van der Waals surface area contributed by atoms with Crippen molar-refractivity contribution in [1.29, 1.82) is 0 Å². The van der Waals surface area contributed by atoms with Crippen molar-refractivity contribution >= 4 is 0 Å². The Kier molecular flexibility index (Phi) is 2.19. The molecule has 0 radical (unpaired) electrons. The van der Waals surface area contributed by atoms with Crippen molar-refractivity contribution in [3.05, 3.63) is 11.4 Å². The lowest BCUT2D eigenvalue weighted by Gasteiger charge is -2.15. The second-order valence-corrected chi connectivity index (χ2v) is 3.92. The third-order valence-corrected chi connectivity index (χ3v) is 1.62. The minimum absolute atomic E-state index is 0.133. The molecule has 68 valence electrons. The molecule has 0 spiro atoms. The Balaban J connectivity index is 3.08. The fourth-order valence-corrected chi connectivity index (χ4v) is 0.990. The quantitative estimate of drug-likeness (QED) is 0.692. The highest BCUT2D eigenvalue weighted by atomic mass is 16.6. The van der Waals surface area contributed by atoms with Gasteiger partial charge in [0, 0.05) is 5.41 Å². The Hall–Kier alpha value is -0.900. The van der Waals surface area contributed by atoms with Crippen molar-refractivity contribution in [3.63, 3.8) is 0 Å². The van der Waals surface area contributed by atoms with Crippen molar-refractivity contribution in [2.75, 3.05) is 0 Å². The van der Waals surface area contributed by atoms with Gasteiger partial charge in [-0.3, -0.25) is 0 Å². The molecule has 0 amide bonds. The molecule has 0 aliphatic rings. The lowest BCUT2D eigenvalue weighted by atomic mass is 9.90. The van der Waals surface area contributed by atoms with Crippen LogP contribution in [0.1, 0.15) is 45.2 Å². The molecule has 0 unspecified atom stereocenters. The first-order chi connectivity index (χ1) is 5.43. The Morgan fingerprint density at radius 2 is 1.92 bits per heavy atom. The normalized spacial score (nSPS) is 14.8. The summed E-state index contributed by atoms with van der Waals surface area (Å²) in [5, 5.41) is 16.7. The first-order valence-electron chi connectivity index (χ1n) is 3.94. The van der Waals surface area contributed by atoms with E-state index in [2.05, 4.69) is 14.9 Å². The second kappa shape index (κ2) is 2.86. The van der Waals surface area contributed by atoms with Crippen LogP contribution in [0.3, 0.4) is 0 Å². The molecule has 1 atom stereocenters. The van der Waals surface area contributed by atoms with Crippen LogP contribution in [0.25, 0.3) is 0 Å². The van der Waals surface area contributed by atoms with E-state index in [1.165, 1.54) is 0 Å². The van der Waals surface area contributed by atoms with Gasteiger partial charge in [-0.25, -0.2) is 4.63 Å². The van der Waals surface area contributed by atoms with E-state index in [-0.39, 0.29) is 5.41 Å². The largest absolute Gasteiger partial charge is 0.387 e. The van der Waals surface area contributed by atoms with E-state index in [9.17, 15) is 5.11 Å². The van der Waals surface area contributed by atoms with Crippen LogP contribution in [0.2, 0.25) is 0 Å². The molecule has 0 fully saturated rings. The predicted molar refractivity (Wildman–Crippen MR) is 43.6 cm³/mol. The summed E-state index contributed by atoms with van der Waals surface area (Å²) in [6, 6.07) is 0. The van der Waals surface area contributed by atoms with Crippen LogP contribution in [-0.4, -0.2) is 15.4 Å². The first kappa shape index (κ1) is 9.19. The molecule has 0 saturated carbocycles. The van der Waals surface area contributed by atoms with Gasteiger partial charge in [-0.2, -0.15) is 0 Å². The van der Waals surface area contributed by atoms with Gasteiger partial charge in [0.25, 0.3) is 0 Å². The number of nitrogens with zero attached hydrogens (tertiary/aromatic N) is 2. The molecule has 1 rings (SSSR count). The molecule has 1 heterocycles. The van der Waals surface area contributed by atoms with E-state index in [4.69, 9.17) is 0 Å². The lowest BCUT2D eigenvalue weighted by molar-refractivity contribution is 0.184. The van der Waals surface area contributed by atoms with Crippen LogP contribution in [0.5, 0.6) is 0 Å². The fraction of sp³-hybridized carbons (Fsp3) is 0.750. The number of aromatic nitrogens is 2. The second-order valence-electron chi connectivity index (χ2n) is 3.92. The third kappa shape index (κ3) is 1.64. The summed E-state index contributed by atoms with van der Waals surface area (Å²) < 4.78 is 4.57. The zero-order chi connectivity index (χ0) is 9.35. The molecule has 4 nitrogen and oxygen atoms in total. The number of hydrogen-bond donors (Lipinski definition) is 1.